The van der Waals surface area contributed by atoms with E-state index in [1.807, 2.05) is 0 Å². The first kappa shape index (κ1) is 12.4. The van der Waals surface area contributed by atoms with Gasteiger partial charge in [0.25, 0.3) is 0 Å². The Morgan fingerprint density at radius 3 is 2.06 bits per heavy atom. The van der Waals surface area contributed by atoms with Crippen molar-refractivity contribution in [1.29, 1.82) is 0 Å². The number of aliphatic hydroxyl groups excluding tert-OH is 1. The first-order valence-corrected chi connectivity index (χ1v) is 7.16. The van der Waals surface area contributed by atoms with E-state index in [2.05, 4.69) is 0 Å². The molecule has 16 heavy (non-hydrogen) atoms. The first-order valence-electron chi connectivity index (χ1n) is 7.16. The van der Waals surface area contributed by atoms with Gasteiger partial charge in [-0.15, -0.1) is 0 Å². The summed E-state index contributed by atoms with van der Waals surface area (Å²) in [7, 11) is 0. The highest BCUT2D eigenvalue weighted by Crippen LogP contribution is 2.27. The van der Waals surface area contributed by atoms with Gasteiger partial charge in [-0.3, -0.25) is 0 Å². The minimum atomic E-state index is -0.206. The Balaban J connectivity index is 1.63. The van der Waals surface area contributed by atoms with Crippen molar-refractivity contribution in [2.45, 2.75) is 76.4 Å². The molecule has 94 valence electrons. The van der Waals surface area contributed by atoms with Crippen molar-refractivity contribution < 1.29 is 9.84 Å². The molecule has 0 radical (unpaired) electrons. The summed E-state index contributed by atoms with van der Waals surface area (Å²) < 4.78 is 5.85. The van der Waals surface area contributed by atoms with Gasteiger partial charge in [0.1, 0.15) is 0 Å². The van der Waals surface area contributed by atoms with Gasteiger partial charge in [0.15, 0.2) is 0 Å². The summed E-state index contributed by atoms with van der Waals surface area (Å²) in [4.78, 5) is 0. The van der Waals surface area contributed by atoms with Gasteiger partial charge in [-0.25, -0.2) is 0 Å². The highest BCUT2D eigenvalue weighted by atomic mass is 16.5. The van der Waals surface area contributed by atoms with Crippen molar-refractivity contribution in [1.82, 2.24) is 0 Å². The van der Waals surface area contributed by atoms with E-state index in [0.717, 1.165) is 0 Å². The van der Waals surface area contributed by atoms with Crippen LogP contribution in [0.5, 0.6) is 0 Å². The van der Waals surface area contributed by atoms with E-state index in [0.29, 0.717) is 18.6 Å². The molecule has 0 spiro atoms. The van der Waals surface area contributed by atoms with Crippen LogP contribution < -0.4 is 0 Å². The normalized spacial score (nSPS) is 26.8. The summed E-state index contributed by atoms with van der Waals surface area (Å²) in [5, 5.41) is 10.1. The van der Waals surface area contributed by atoms with E-state index in [4.69, 9.17) is 4.74 Å². The zero-order valence-electron chi connectivity index (χ0n) is 10.4. The van der Waals surface area contributed by atoms with E-state index >= 15 is 0 Å². The van der Waals surface area contributed by atoms with Crippen LogP contribution in [-0.4, -0.2) is 23.9 Å². The van der Waals surface area contributed by atoms with E-state index in [1.54, 1.807) is 0 Å². The molecule has 2 aliphatic carbocycles. The van der Waals surface area contributed by atoms with Crippen LogP contribution in [0, 0.1) is 5.92 Å². The van der Waals surface area contributed by atoms with Crippen molar-refractivity contribution in [3.63, 3.8) is 0 Å². The molecule has 0 aromatic rings. The summed E-state index contributed by atoms with van der Waals surface area (Å²) in [6, 6.07) is 0. The monoisotopic (exact) mass is 226 g/mol. The Morgan fingerprint density at radius 1 is 0.875 bits per heavy atom. The lowest BCUT2D eigenvalue weighted by molar-refractivity contribution is -0.0479. The fourth-order valence-corrected chi connectivity index (χ4v) is 3.12. The third kappa shape index (κ3) is 3.74. The van der Waals surface area contributed by atoms with E-state index < -0.39 is 0 Å². The molecule has 2 saturated carbocycles. The number of ether oxygens (including phenoxy) is 1. The van der Waals surface area contributed by atoms with Gasteiger partial charge in [-0.05, 0) is 31.6 Å². The maximum absolute atomic E-state index is 10.1. The Bertz CT molecular complexity index is 181. The van der Waals surface area contributed by atoms with E-state index in [1.165, 1.54) is 64.2 Å². The number of rotatable bonds is 4. The molecule has 0 aromatic carbocycles. The summed E-state index contributed by atoms with van der Waals surface area (Å²) in [5.41, 5.74) is 0. The molecule has 2 fully saturated rings. The lowest BCUT2D eigenvalue weighted by Gasteiger charge is -2.29. The second kappa shape index (κ2) is 6.61. The standard InChI is InChI=1S/C14H26O2/c15-14(12-7-3-1-4-8-12)11-16-13-9-5-2-6-10-13/h12-15H,1-11H2. The predicted octanol–water partition coefficient (Wildman–Crippen LogP) is 3.28. The molecular weight excluding hydrogens is 200 g/mol. The Kier molecular flexibility index (Phi) is 5.11. The molecule has 0 saturated heterocycles. The molecule has 1 N–H and O–H groups in total. The summed E-state index contributed by atoms with van der Waals surface area (Å²) in [6.45, 7) is 0.579. The Hall–Kier alpha value is -0.0800. The summed E-state index contributed by atoms with van der Waals surface area (Å²) >= 11 is 0. The Morgan fingerprint density at radius 2 is 1.44 bits per heavy atom. The van der Waals surface area contributed by atoms with Crippen molar-refractivity contribution in [3.05, 3.63) is 0 Å². The highest BCUT2D eigenvalue weighted by molar-refractivity contribution is 4.74. The van der Waals surface area contributed by atoms with Crippen LogP contribution in [0.15, 0.2) is 0 Å². The lowest BCUT2D eigenvalue weighted by Crippen LogP contribution is -2.30. The number of hydrogen-bond donors (Lipinski definition) is 1. The molecule has 0 aromatic heterocycles. The van der Waals surface area contributed by atoms with Crippen molar-refractivity contribution >= 4 is 0 Å². The van der Waals surface area contributed by atoms with Gasteiger partial charge < -0.3 is 9.84 Å². The maximum atomic E-state index is 10.1. The van der Waals surface area contributed by atoms with Crippen molar-refractivity contribution in [3.8, 4) is 0 Å². The van der Waals surface area contributed by atoms with Crippen LogP contribution in [0.1, 0.15) is 64.2 Å². The molecule has 2 heteroatoms. The zero-order chi connectivity index (χ0) is 11.2. The minimum Gasteiger partial charge on any atom is -0.390 e. The molecule has 1 unspecified atom stereocenters. The smallest absolute Gasteiger partial charge is 0.0801 e. The molecule has 2 aliphatic rings. The molecule has 2 nitrogen and oxygen atoms in total. The SMILES string of the molecule is OC(COC1CCCCC1)C1CCCCC1. The second-order valence-electron chi connectivity index (χ2n) is 5.56. The minimum absolute atomic E-state index is 0.206. The topological polar surface area (TPSA) is 29.5 Å². The average molecular weight is 226 g/mol. The van der Waals surface area contributed by atoms with Gasteiger partial charge in [0, 0.05) is 0 Å². The average Bonchev–Trinajstić information content (AvgIpc) is 2.38. The number of aliphatic hydroxyl groups is 1. The largest absolute Gasteiger partial charge is 0.390 e. The van der Waals surface area contributed by atoms with Gasteiger partial charge in [0.05, 0.1) is 18.8 Å². The van der Waals surface area contributed by atoms with Crippen LogP contribution in [0.4, 0.5) is 0 Å². The molecule has 0 amide bonds. The van der Waals surface area contributed by atoms with Crippen LogP contribution in [0.3, 0.4) is 0 Å². The van der Waals surface area contributed by atoms with Crippen LogP contribution in [-0.2, 0) is 4.74 Å². The van der Waals surface area contributed by atoms with E-state index in [9.17, 15) is 5.11 Å². The van der Waals surface area contributed by atoms with Gasteiger partial charge >= 0.3 is 0 Å². The fourth-order valence-electron chi connectivity index (χ4n) is 3.12. The fraction of sp³-hybridized carbons (Fsp3) is 1.00. The van der Waals surface area contributed by atoms with Crippen LogP contribution in [0.2, 0.25) is 0 Å². The van der Waals surface area contributed by atoms with Crippen molar-refractivity contribution in [2.24, 2.45) is 5.92 Å². The molecular formula is C14H26O2. The molecule has 0 heterocycles. The van der Waals surface area contributed by atoms with Gasteiger partial charge in [0.2, 0.25) is 0 Å². The molecule has 2 rings (SSSR count). The predicted molar refractivity (Wildman–Crippen MR) is 65.4 cm³/mol. The second-order valence-corrected chi connectivity index (χ2v) is 5.56. The molecule has 0 aliphatic heterocycles. The third-order valence-electron chi connectivity index (χ3n) is 4.25. The van der Waals surface area contributed by atoms with Crippen LogP contribution in [0.25, 0.3) is 0 Å². The quantitative estimate of drug-likeness (QED) is 0.797. The van der Waals surface area contributed by atoms with Gasteiger partial charge in [-0.1, -0.05) is 38.5 Å². The first-order chi connectivity index (χ1) is 7.86. The maximum Gasteiger partial charge on any atom is 0.0801 e. The highest BCUT2D eigenvalue weighted by Gasteiger charge is 2.23. The van der Waals surface area contributed by atoms with Crippen molar-refractivity contribution in [2.75, 3.05) is 6.61 Å². The van der Waals surface area contributed by atoms with Gasteiger partial charge in [-0.2, -0.15) is 0 Å². The van der Waals surface area contributed by atoms with E-state index in [-0.39, 0.29) is 6.10 Å². The zero-order valence-corrected chi connectivity index (χ0v) is 10.4. The molecule has 1 atom stereocenters. The lowest BCUT2D eigenvalue weighted by atomic mass is 9.85. The summed E-state index contributed by atoms with van der Waals surface area (Å²) in [6.07, 6.45) is 13.0. The molecule has 0 bridgehead atoms. The number of hydrogen-bond acceptors (Lipinski definition) is 2. The van der Waals surface area contributed by atoms with Crippen LogP contribution >= 0.6 is 0 Å². The summed E-state index contributed by atoms with van der Waals surface area (Å²) in [5.74, 6) is 0.511. The third-order valence-corrected chi connectivity index (χ3v) is 4.25. The Labute approximate surface area is 99.4 Å².